The van der Waals surface area contributed by atoms with Gasteiger partial charge in [0.2, 0.25) is 11.8 Å². The first kappa shape index (κ1) is 45.5. The maximum Gasteiger partial charge on any atom is 0.407 e. The van der Waals surface area contributed by atoms with Crippen molar-refractivity contribution in [2.75, 3.05) is 14.2 Å². The van der Waals surface area contributed by atoms with Gasteiger partial charge in [0, 0.05) is 12.1 Å². The van der Waals surface area contributed by atoms with Crippen molar-refractivity contribution >= 4 is 46.1 Å². The first-order valence-electron chi connectivity index (χ1n) is 23.8. The van der Waals surface area contributed by atoms with Crippen molar-refractivity contribution in [2.45, 2.75) is 110 Å². The van der Waals surface area contributed by atoms with Gasteiger partial charge >= 0.3 is 12.2 Å². The molecule has 4 heterocycles. The summed E-state index contributed by atoms with van der Waals surface area (Å²) in [5.41, 5.74) is 9.99. The van der Waals surface area contributed by atoms with E-state index in [1.54, 1.807) is 0 Å². The van der Waals surface area contributed by atoms with Gasteiger partial charge in [-0.05, 0) is 114 Å². The number of rotatable bonds is 12. The maximum atomic E-state index is 14.1. The second kappa shape index (κ2) is 18.5. The number of hydrogen-bond donors (Lipinski definition) is 4. The average Bonchev–Trinajstić information content (AvgIpc) is 4.19. The summed E-state index contributed by atoms with van der Waals surface area (Å²) in [4.78, 5) is 73.7. The highest BCUT2D eigenvalue weighted by molar-refractivity contribution is 5.89. The highest BCUT2D eigenvalue weighted by Gasteiger charge is 2.52. The summed E-state index contributed by atoms with van der Waals surface area (Å²) < 4.78 is 9.70. The SMILES string of the molecule is CC[C@H]1CC(C)N(C(=O)[C@@H](NC(=O)OC)C(C)C)[C@@H]1c1nc2ccc(-c3ccc(-c4ccc(-c5ccc6nc([C@@H]7[C@H]8CC[C@H](C8)N7C(=O)[C@@H](NC(=O)OC)C(C)C)[nH]c6c5)cc4)cc3)cc2[nH]1. The lowest BCUT2D eigenvalue weighted by molar-refractivity contribution is -0.139. The molecule has 0 radical (unpaired) electrons. The summed E-state index contributed by atoms with van der Waals surface area (Å²) in [6, 6.07) is 27.9. The first-order chi connectivity index (χ1) is 32.3. The predicted octanol–water partition coefficient (Wildman–Crippen LogP) is 9.94. The van der Waals surface area contributed by atoms with Gasteiger partial charge in [-0.15, -0.1) is 0 Å². The molecular weight excluding hydrogens is 845 g/mol. The number of likely N-dealkylation sites (tertiary alicyclic amines) is 2. The number of piperidine rings is 1. The molecule has 4 aromatic carbocycles. The lowest BCUT2D eigenvalue weighted by Crippen LogP contribution is -2.54. The molecule has 14 heteroatoms. The summed E-state index contributed by atoms with van der Waals surface area (Å²) in [5.74, 6) is 1.63. The number of hydrogen-bond acceptors (Lipinski definition) is 8. The maximum absolute atomic E-state index is 14.1. The molecule has 2 bridgehead atoms. The van der Waals surface area contributed by atoms with Crippen LogP contribution in [0.25, 0.3) is 55.4 Å². The molecule has 3 aliphatic rings. The van der Waals surface area contributed by atoms with Crippen molar-refractivity contribution in [3.05, 3.63) is 96.6 Å². The number of imidazole rings is 2. The van der Waals surface area contributed by atoms with Crippen LogP contribution in [0.5, 0.6) is 0 Å². The van der Waals surface area contributed by atoms with Crippen molar-refractivity contribution in [1.29, 1.82) is 0 Å². The van der Waals surface area contributed by atoms with E-state index in [9.17, 15) is 19.2 Å². The van der Waals surface area contributed by atoms with Gasteiger partial charge in [-0.2, -0.15) is 0 Å². The first-order valence-corrected chi connectivity index (χ1v) is 23.8. The number of H-pyrrole nitrogens is 2. The van der Waals surface area contributed by atoms with Gasteiger partial charge in [0.25, 0.3) is 0 Å². The van der Waals surface area contributed by atoms with Crippen LogP contribution < -0.4 is 10.6 Å². The fourth-order valence-corrected chi connectivity index (χ4v) is 11.1. The number of aromatic amines is 2. The van der Waals surface area contributed by atoms with Crippen LogP contribution in [0.2, 0.25) is 0 Å². The highest BCUT2D eigenvalue weighted by Crippen LogP contribution is 2.50. The Morgan fingerprint density at radius 2 is 1.06 bits per heavy atom. The minimum atomic E-state index is -0.716. The summed E-state index contributed by atoms with van der Waals surface area (Å²) in [7, 11) is 2.62. The van der Waals surface area contributed by atoms with Crippen LogP contribution in [0.15, 0.2) is 84.9 Å². The van der Waals surface area contributed by atoms with Crippen molar-refractivity contribution < 1.29 is 28.7 Å². The molecule has 350 valence electrons. The number of benzene rings is 4. The Balaban J connectivity index is 0.903. The lowest BCUT2D eigenvalue weighted by Gasteiger charge is -2.37. The molecule has 67 heavy (non-hydrogen) atoms. The van der Waals surface area contributed by atoms with Crippen LogP contribution >= 0.6 is 0 Å². The van der Waals surface area contributed by atoms with E-state index in [0.29, 0.717) is 5.92 Å². The van der Waals surface area contributed by atoms with Crippen LogP contribution in [-0.4, -0.2) is 92.1 Å². The summed E-state index contributed by atoms with van der Waals surface area (Å²) in [6.45, 7) is 11.9. The molecule has 0 spiro atoms. The largest absolute Gasteiger partial charge is 0.453 e. The molecule has 2 aromatic heterocycles. The molecule has 1 saturated carbocycles. The van der Waals surface area contributed by atoms with Gasteiger partial charge < -0.3 is 39.9 Å². The van der Waals surface area contributed by atoms with Crippen molar-refractivity contribution in [1.82, 2.24) is 40.4 Å². The van der Waals surface area contributed by atoms with Gasteiger partial charge in [0.1, 0.15) is 23.7 Å². The quantitative estimate of drug-likeness (QED) is 0.0939. The minimum Gasteiger partial charge on any atom is -0.453 e. The Labute approximate surface area is 391 Å². The zero-order valence-electron chi connectivity index (χ0n) is 39.6. The zero-order valence-corrected chi connectivity index (χ0v) is 39.6. The minimum absolute atomic E-state index is 0.0184. The van der Waals surface area contributed by atoms with Crippen molar-refractivity contribution in [3.8, 4) is 33.4 Å². The lowest BCUT2D eigenvalue weighted by atomic mass is 9.95. The third-order valence-corrected chi connectivity index (χ3v) is 14.6. The highest BCUT2D eigenvalue weighted by atomic mass is 16.5. The number of fused-ring (bicyclic) bond motifs is 4. The number of alkyl carbamates (subject to hydrolysis) is 2. The Hall–Kier alpha value is -6.70. The van der Waals surface area contributed by atoms with E-state index < -0.39 is 24.3 Å². The van der Waals surface area contributed by atoms with Gasteiger partial charge in [0.05, 0.1) is 48.4 Å². The third kappa shape index (κ3) is 8.62. The van der Waals surface area contributed by atoms with Crippen LogP contribution in [0, 0.1) is 23.7 Å². The molecule has 4 amide bonds. The average molecular weight is 907 g/mol. The fourth-order valence-electron chi connectivity index (χ4n) is 11.1. The second-order valence-corrected chi connectivity index (χ2v) is 19.4. The number of ether oxygens (including phenoxy) is 2. The molecule has 3 fully saturated rings. The number of nitrogens with one attached hydrogen (secondary N) is 4. The topological polar surface area (TPSA) is 175 Å². The molecule has 8 atom stereocenters. The van der Waals surface area contributed by atoms with Crippen LogP contribution in [0.3, 0.4) is 0 Å². The van der Waals surface area contributed by atoms with E-state index in [4.69, 9.17) is 19.4 Å². The normalized spacial score (nSPS) is 22.2. The van der Waals surface area contributed by atoms with Crippen LogP contribution in [0.4, 0.5) is 9.59 Å². The Morgan fingerprint density at radius 1 is 0.627 bits per heavy atom. The molecule has 1 unspecified atom stereocenters. The monoisotopic (exact) mass is 906 g/mol. The van der Waals surface area contributed by atoms with E-state index in [2.05, 4.69) is 107 Å². The smallest absolute Gasteiger partial charge is 0.407 e. The zero-order chi connectivity index (χ0) is 47.3. The van der Waals surface area contributed by atoms with Crippen LogP contribution in [0.1, 0.15) is 97.4 Å². The summed E-state index contributed by atoms with van der Waals surface area (Å²) in [5, 5.41) is 5.54. The second-order valence-electron chi connectivity index (χ2n) is 19.4. The number of carbonyl (C=O) groups excluding carboxylic acids is 4. The Kier molecular flexibility index (Phi) is 12.6. The standard InChI is InChI=1S/C53H62N8O6/c1-9-31-24-30(6)60(50(62)44(28(2)3)58-52(64)66-7)46(31)48-54-40-22-19-36(26-42(40)56-48)34-14-10-32(11-15-34)33-12-16-35(17-13-33)37-20-23-41-43(27-37)57-49(55-41)47-38-18-21-39(25-38)61(47)51(63)45(29(4)5)59-53(65)67-8/h10-17,19-20,22-23,26-31,38-39,44-47H,9,18,21,24-25H2,1-8H3,(H,54,56)(H,55,57)(H,58,64)(H,59,65)/t30?,31-,38-,39+,44-,45-,46-,47-/m0/s1. The van der Waals surface area contributed by atoms with Gasteiger partial charge in [-0.1, -0.05) is 102 Å². The number of carbonyl (C=O) groups is 4. The summed E-state index contributed by atoms with van der Waals surface area (Å²) in [6.07, 6.45) is 3.44. The molecule has 6 aromatic rings. The summed E-state index contributed by atoms with van der Waals surface area (Å²) >= 11 is 0. The Bertz CT molecular complexity index is 2800. The molecular formula is C53H62N8O6. The van der Waals surface area contributed by atoms with E-state index in [1.807, 2.05) is 49.6 Å². The van der Waals surface area contributed by atoms with Gasteiger partial charge in [-0.3, -0.25) is 9.59 Å². The molecule has 1 aliphatic carbocycles. The molecule has 4 N–H and O–H groups in total. The predicted molar refractivity (Wildman–Crippen MR) is 259 cm³/mol. The van der Waals surface area contributed by atoms with Crippen molar-refractivity contribution in [2.24, 2.45) is 23.7 Å². The molecule has 2 saturated heterocycles. The molecule has 2 aliphatic heterocycles. The van der Waals surface area contributed by atoms with E-state index >= 15 is 0 Å². The van der Waals surface area contributed by atoms with Gasteiger partial charge in [-0.25, -0.2) is 19.6 Å². The fraction of sp³-hybridized carbons (Fsp3) is 0.434. The number of aromatic nitrogens is 4. The van der Waals surface area contributed by atoms with E-state index in [-0.39, 0.29) is 53.7 Å². The molecule has 14 nitrogen and oxygen atoms in total. The van der Waals surface area contributed by atoms with Crippen molar-refractivity contribution in [3.63, 3.8) is 0 Å². The third-order valence-electron chi connectivity index (χ3n) is 14.6. The molecule has 9 rings (SSSR count). The number of methoxy groups -OCH3 is 2. The number of nitrogens with zero attached hydrogens (tertiary/aromatic N) is 4. The van der Waals surface area contributed by atoms with Gasteiger partial charge in [0.15, 0.2) is 0 Å². The van der Waals surface area contributed by atoms with E-state index in [0.717, 1.165) is 99.2 Å². The number of amides is 4. The Morgan fingerprint density at radius 3 is 1.51 bits per heavy atom. The van der Waals surface area contributed by atoms with E-state index in [1.165, 1.54) is 14.2 Å². The van der Waals surface area contributed by atoms with Crippen LogP contribution in [-0.2, 0) is 19.1 Å².